The molecule has 0 saturated carbocycles. The number of hydrogen-bond acceptors (Lipinski definition) is 7. The molecule has 2 aromatic carbocycles. The fraction of sp³-hybridized carbons (Fsp3) is 0.208. The number of carbonyl (C=O) groups is 1. The molecule has 8 heteroatoms. The molecular weight excluding hydrogens is 428 g/mol. The zero-order valence-corrected chi connectivity index (χ0v) is 18.7. The Kier molecular flexibility index (Phi) is 5.96. The molecule has 0 radical (unpaired) electrons. The second kappa shape index (κ2) is 8.84. The molecule has 0 aliphatic carbocycles. The largest absolute Gasteiger partial charge is 0.508 e. The second-order valence-electron chi connectivity index (χ2n) is 7.17. The number of carbonyl (C=O) groups excluding carboxylic acids is 1. The highest BCUT2D eigenvalue weighted by Crippen LogP contribution is 2.31. The first-order valence-electron chi connectivity index (χ1n) is 10.1. The second-order valence-corrected chi connectivity index (χ2v) is 8.18. The molecule has 0 spiro atoms. The smallest absolute Gasteiger partial charge is 0.338 e. The number of aromatic hydroxyl groups is 1. The van der Waals surface area contributed by atoms with E-state index in [9.17, 15) is 14.7 Å². The molecule has 1 N–H and O–H groups in total. The van der Waals surface area contributed by atoms with Crippen molar-refractivity contribution in [2.75, 3.05) is 13.7 Å². The van der Waals surface area contributed by atoms with Crippen LogP contribution in [0.1, 0.15) is 31.0 Å². The van der Waals surface area contributed by atoms with Crippen LogP contribution in [-0.2, 0) is 9.53 Å². The number of phenolic OH excluding ortho intramolecular Hbond substituents is 1. The van der Waals surface area contributed by atoms with E-state index in [4.69, 9.17) is 9.47 Å². The number of esters is 1. The summed E-state index contributed by atoms with van der Waals surface area (Å²) in [6, 6.07) is 13.2. The fourth-order valence-electron chi connectivity index (χ4n) is 3.62. The van der Waals surface area contributed by atoms with Gasteiger partial charge in [0.15, 0.2) is 4.80 Å². The lowest BCUT2D eigenvalue weighted by atomic mass is 9.96. The number of nitrogens with zero attached hydrogens (tertiary/aromatic N) is 2. The quantitative estimate of drug-likeness (QED) is 0.604. The molecule has 0 amide bonds. The normalized spacial score (nSPS) is 15.8. The molecule has 4 rings (SSSR count). The lowest BCUT2D eigenvalue weighted by molar-refractivity contribution is -0.139. The van der Waals surface area contributed by atoms with E-state index >= 15 is 0 Å². The summed E-state index contributed by atoms with van der Waals surface area (Å²) in [5, 5.41) is 9.51. The summed E-state index contributed by atoms with van der Waals surface area (Å²) in [7, 11) is 1.58. The minimum atomic E-state index is -0.668. The molecule has 3 aromatic rings. The molecule has 7 nitrogen and oxygen atoms in total. The minimum Gasteiger partial charge on any atom is -0.508 e. The van der Waals surface area contributed by atoms with E-state index in [0.29, 0.717) is 26.4 Å². The van der Waals surface area contributed by atoms with Crippen LogP contribution in [-0.4, -0.2) is 29.4 Å². The number of fused-ring (bicyclic) bond motifs is 1. The fourth-order valence-corrected chi connectivity index (χ4v) is 4.66. The van der Waals surface area contributed by atoms with Crippen molar-refractivity contribution in [1.29, 1.82) is 0 Å². The molecule has 1 aliphatic heterocycles. The molecule has 0 fully saturated rings. The van der Waals surface area contributed by atoms with Crippen molar-refractivity contribution in [2.24, 2.45) is 4.99 Å². The highest BCUT2D eigenvalue weighted by molar-refractivity contribution is 7.07. The summed E-state index contributed by atoms with van der Waals surface area (Å²) in [6.07, 6.45) is 1.75. The maximum atomic E-state index is 13.5. The third-order valence-electron chi connectivity index (χ3n) is 5.14. The molecule has 0 bridgehead atoms. The van der Waals surface area contributed by atoms with Gasteiger partial charge in [-0.2, -0.15) is 0 Å². The van der Waals surface area contributed by atoms with Gasteiger partial charge in [0.25, 0.3) is 5.56 Å². The van der Waals surface area contributed by atoms with Crippen molar-refractivity contribution in [3.05, 3.63) is 90.6 Å². The third kappa shape index (κ3) is 3.97. The van der Waals surface area contributed by atoms with Gasteiger partial charge in [-0.3, -0.25) is 9.36 Å². The Morgan fingerprint density at radius 3 is 2.50 bits per heavy atom. The Balaban J connectivity index is 1.93. The van der Waals surface area contributed by atoms with E-state index < -0.39 is 12.0 Å². The van der Waals surface area contributed by atoms with E-state index in [1.807, 2.05) is 12.1 Å². The molecular formula is C24H22N2O5S. The number of benzene rings is 2. The molecule has 2 heterocycles. The molecule has 32 heavy (non-hydrogen) atoms. The average molecular weight is 451 g/mol. The predicted octanol–water partition coefficient (Wildman–Crippen LogP) is 2.51. The number of aromatic nitrogens is 1. The number of phenols is 1. The maximum Gasteiger partial charge on any atom is 0.338 e. The van der Waals surface area contributed by atoms with E-state index in [1.165, 1.54) is 15.9 Å². The molecule has 1 aromatic heterocycles. The van der Waals surface area contributed by atoms with Gasteiger partial charge < -0.3 is 14.6 Å². The van der Waals surface area contributed by atoms with Crippen LogP contribution in [0.2, 0.25) is 0 Å². The topological polar surface area (TPSA) is 90.1 Å². The summed E-state index contributed by atoms with van der Waals surface area (Å²) < 4.78 is 12.6. The van der Waals surface area contributed by atoms with Gasteiger partial charge in [0.2, 0.25) is 0 Å². The molecule has 1 aliphatic rings. The van der Waals surface area contributed by atoms with Crippen LogP contribution in [0.5, 0.6) is 11.5 Å². The molecule has 1 atom stereocenters. The Morgan fingerprint density at radius 2 is 1.88 bits per heavy atom. The third-order valence-corrected chi connectivity index (χ3v) is 6.12. The van der Waals surface area contributed by atoms with Crippen molar-refractivity contribution in [3.63, 3.8) is 0 Å². The van der Waals surface area contributed by atoms with Gasteiger partial charge in [-0.15, -0.1) is 0 Å². The standard InChI is InChI=1S/C24H22N2O5S/c1-4-31-23(29)20-14(2)25-24-26(21(20)16-7-11-18(30-3)12-8-16)22(28)19(32-24)13-15-5-9-17(27)10-6-15/h5-13,21,27H,4H2,1-3H3/b19-13-/t21-/m1/s1. The number of thiazole rings is 1. The maximum absolute atomic E-state index is 13.5. The van der Waals surface area contributed by atoms with Gasteiger partial charge in [0, 0.05) is 0 Å². The van der Waals surface area contributed by atoms with Crippen molar-refractivity contribution >= 4 is 23.4 Å². The number of methoxy groups -OCH3 is 1. The van der Waals surface area contributed by atoms with E-state index in [0.717, 1.165) is 11.1 Å². The van der Waals surface area contributed by atoms with Crippen molar-refractivity contribution in [3.8, 4) is 11.5 Å². The van der Waals surface area contributed by atoms with E-state index in [2.05, 4.69) is 4.99 Å². The zero-order chi connectivity index (χ0) is 22.8. The van der Waals surface area contributed by atoms with Gasteiger partial charge in [-0.05, 0) is 55.3 Å². The van der Waals surface area contributed by atoms with Gasteiger partial charge in [0.1, 0.15) is 11.5 Å². The van der Waals surface area contributed by atoms with Gasteiger partial charge in [-0.1, -0.05) is 35.6 Å². The summed E-state index contributed by atoms with van der Waals surface area (Å²) >= 11 is 1.25. The Bertz CT molecular complexity index is 1370. The predicted molar refractivity (Wildman–Crippen MR) is 121 cm³/mol. The monoisotopic (exact) mass is 450 g/mol. The molecule has 0 unspecified atom stereocenters. The summed E-state index contributed by atoms with van der Waals surface area (Å²) in [4.78, 5) is 31.4. The Morgan fingerprint density at radius 1 is 1.19 bits per heavy atom. The van der Waals surface area contributed by atoms with Crippen LogP contribution in [0.3, 0.4) is 0 Å². The van der Waals surface area contributed by atoms with Gasteiger partial charge >= 0.3 is 5.97 Å². The van der Waals surface area contributed by atoms with Crippen molar-refractivity contribution in [1.82, 2.24) is 4.57 Å². The van der Waals surface area contributed by atoms with Crippen LogP contribution in [0.15, 0.2) is 69.6 Å². The van der Waals surface area contributed by atoms with Gasteiger partial charge in [-0.25, -0.2) is 9.79 Å². The molecule has 0 saturated heterocycles. The summed E-state index contributed by atoms with van der Waals surface area (Å²) in [6.45, 7) is 3.71. The van der Waals surface area contributed by atoms with E-state index in [1.54, 1.807) is 63.4 Å². The summed E-state index contributed by atoms with van der Waals surface area (Å²) in [5.41, 5.74) is 2.12. The Labute approximate surface area is 188 Å². The molecule has 164 valence electrons. The SMILES string of the molecule is CCOC(=O)C1=C(C)N=c2s/c(=C\c3ccc(O)cc3)c(=O)n2[C@@H]1c1ccc(OC)cc1. The number of hydrogen-bond donors (Lipinski definition) is 1. The van der Waals surface area contributed by atoms with Crippen LogP contribution in [0, 0.1) is 0 Å². The van der Waals surface area contributed by atoms with Crippen molar-refractivity contribution < 1.29 is 19.4 Å². The highest BCUT2D eigenvalue weighted by Gasteiger charge is 2.33. The Hall–Kier alpha value is -3.65. The first-order valence-corrected chi connectivity index (χ1v) is 10.9. The van der Waals surface area contributed by atoms with Crippen LogP contribution in [0.4, 0.5) is 0 Å². The van der Waals surface area contributed by atoms with Crippen LogP contribution < -0.4 is 19.6 Å². The zero-order valence-electron chi connectivity index (χ0n) is 17.9. The van der Waals surface area contributed by atoms with Gasteiger partial charge in [0.05, 0.1) is 35.6 Å². The lowest BCUT2D eigenvalue weighted by Crippen LogP contribution is -2.39. The summed E-state index contributed by atoms with van der Waals surface area (Å²) in [5.74, 6) is 0.326. The average Bonchev–Trinajstić information content (AvgIpc) is 3.09. The first kappa shape index (κ1) is 21.6. The number of ether oxygens (including phenoxy) is 2. The number of allylic oxidation sites excluding steroid dienone is 1. The first-order chi connectivity index (χ1) is 15.4. The minimum absolute atomic E-state index is 0.151. The van der Waals surface area contributed by atoms with Crippen LogP contribution in [0.25, 0.3) is 6.08 Å². The van der Waals surface area contributed by atoms with E-state index in [-0.39, 0.29) is 17.9 Å². The number of rotatable bonds is 5. The van der Waals surface area contributed by atoms with Crippen LogP contribution >= 0.6 is 11.3 Å². The highest BCUT2D eigenvalue weighted by atomic mass is 32.1. The lowest BCUT2D eigenvalue weighted by Gasteiger charge is -2.24. The van der Waals surface area contributed by atoms with Crippen molar-refractivity contribution in [2.45, 2.75) is 19.9 Å².